The van der Waals surface area contributed by atoms with Gasteiger partial charge in [-0.2, -0.15) is 0 Å². The minimum atomic E-state index is -0.158. The van der Waals surface area contributed by atoms with Gasteiger partial charge in [0, 0.05) is 15.9 Å². The second-order valence-corrected chi connectivity index (χ2v) is 5.37. The van der Waals surface area contributed by atoms with Gasteiger partial charge in [0.25, 0.3) is 5.56 Å². The molecule has 100 valence electrons. The maximum absolute atomic E-state index is 11.6. The van der Waals surface area contributed by atoms with Gasteiger partial charge >= 0.3 is 0 Å². The molecular weight excluding hydrogens is 318 g/mol. The Bertz CT molecular complexity index is 793. The van der Waals surface area contributed by atoms with Crippen molar-refractivity contribution in [2.45, 2.75) is 6.61 Å². The Labute approximate surface area is 124 Å². The second kappa shape index (κ2) is 5.51. The molecule has 0 unspecified atom stereocenters. The summed E-state index contributed by atoms with van der Waals surface area (Å²) in [5.74, 6) is 0.604. The van der Waals surface area contributed by atoms with Crippen molar-refractivity contribution in [1.29, 1.82) is 0 Å². The summed E-state index contributed by atoms with van der Waals surface area (Å²) in [6, 6.07) is 17.0. The average Bonchev–Trinajstić information content (AvgIpc) is 2.46. The number of aromatic amines is 1. The Balaban J connectivity index is 1.90. The van der Waals surface area contributed by atoms with Crippen LogP contribution in [0.15, 0.2) is 63.9 Å². The van der Waals surface area contributed by atoms with E-state index in [0.717, 1.165) is 20.9 Å². The average molecular weight is 330 g/mol. The summed E-state index contributed by atoms with van der Waals surface area (Å²) >= 11 is 3.40. The van der Waals surface area contributed by atoms with Gasteiger partial charge in [-0.1, -0.05) is 40.2 Å². The highest BCUT2D eigenvalue weighted by Gasteiger charge is 2.04. The summed E-state index contributed by atoms with van der Waals surface area (Å²) in [4.78, 5) is 14.4. The predicted octanol–water partition coefficient (Wildman–Crippen LogP) is 3.87. The molecule has 1 N–H and O–H groups in total. The van der Waals surface area contributed by atoms with E-state index < -0.39 is 0 Å². The van der Waals surface area contributed by atoms with E-state index in [0.29, 0.717) is 12.4 Å². The Morgan fingerprint density at radius 3 is 2.60 bits per heavy atom. The minimum Gasteiger partial charge on any atom is -0.488 e. The van der Waals surface area contributed by atoms with Crippen molar-refractivity contribution >= 4 is 26.8 Å². The molecule has 0 amide bonds. The Morgan fingerprint density at radius 1 is 1.05 bits per heavy atom. The number of hydrogen-bond acceptors (Lipinski definition) is 2. The number of para-hydroxylation sites is 1. The monoisotopic (exact) mass is 329 g/mol. The summed E-state index contributed by atoms with van der Waals surface area (Å²) in [5.41, 5.74) is 1.68. The minimum absolute atomic E-state index is 0.158. The number of ether oxygens (including phenoxy) is 1. The van der Waals surface area contributed by atoms with E-state index >= 15 is 0 Å². The topological polar surface area (TPSA) is 42.1 Å². The highest BCUT2D eigenvalue weighted by molar-refractivity contribution is 9.10. The standard InChI is InChI=1S/C16H12BrNO2/c17-12-7-5-11(6-8-12)10-20-15-9-16(19)18-14-4-2-1-3-13(14)15/h1-9H,10H2,(H,18,19). The van der Waals surface area contributed by atoms with Crippen molar-refractivity contribution < 1.29 is 4.74 Å². The van der Waals surface area contributed by atoms with Crippen molar-refractivity contribution in [2.75, 3.05) is 0 Å². The van der Waals surface area contributed by atoms with E-state index in [9.17, 15) is 4.79 Å². The lowest BCUT2D eigenvalue weighted by atomic mass is 10.2. The lowest BCUT2D eigenvalue weighted by Crippen LogP contribution is -2.06. The first-order valence-electron chi connectivity index (χ1n) is 6.22. The fourth-order valence-corrected chi connectivity index (χ4v) is 2.30. The summed E-state index contributed by atoms with van der Waals surface area (Å²) in [7, 11) is 0. The van der Waals surface area contributed by atoms with Gasteiger partial charge in [0.1, 0.15) is 12.4 Å². The smallest absolute Gasteiger partial charge is 0.252 e. The zero-order valence-electron chi connectivity index (χ0n) is 10.6. The molecular formula is C16H12BrNO2. The van der Waals surface area contributed by atoms with E-state index in [1.807, 2.05) is 48.5 Å². The van der Waals surface area contributed by atoms with Gasteiger partial charge in [-0.25, -0.2) is 0 Å². The number of H-pyrrole nitrogens is 1. The van der Waals surface area contributed by atoms with Gasteiger partial charge in [-0.3, -0.25) is 4.79 Å². The number of benzene rings is 2. The molecule has 3 nitrogen and oxygen atoms in total. The zero-order valence-corrected chi connectivity index (χ0v) is 12.2. The van der Waals surface area contributed by atoms with Crippen LogP contribution in [0.1, 0.15) is 5.56 Å². The molecule has 3 rings (SSSR count). The lowest BCUT2D eigenvalue weighted by Gasteiger charge is -2.09. The van der Waals surface area contributed by atoms with E-state index in [2.05, 4.69) is 20.9 Å². The van der Waals surface area contributed by atoms with Crippen molar-refractivity contribution in [3.05, 3.63) is 75.0 Å². The van der Waals surface area contributed by atoms with Gasteiger partial charge < -0.3 is 9.72 Å². The van der Waals surface area contributed by atoms with Crippen LogP contribution in [0, 0.1) is 0 Å². The van der Waals surface area contributed by atoms with Crippen LogP contribution in [0.4, 0.5) is 0 Å². The van der Waals surface area contributed by atoms with Crippen LogP contribution < -0.4 is 10.3 Å². The molecule has 0 saturated heterocycles. The van der Waals surface area contributed by atoms with Crippen LogP contribution in [-0.2, 0) is 6.61 Å². The first-order chi connectivity index (χ1) is 9.72. The molecule has 1 aromatic heterocycles. The maximum atomic E-state index is 11.6. The quantitative estimate of drug-likeness (QED) is 0.792. The summed E-state index contributed by atoms with van der Waals surface area (Å²) in [6.45, 7) is 0.431. The number of aromatic nitrogens is 1. The molecule has 0 saturated carbocycles. The molecule has 3 aromatic rings. The molecule has 2 aromatic carbocycles. The molecule has 0 atom stereocenters. The highest BCUT2D eigenvalue weighted by atomic mass is 79.9. The van der Waals surface area contributed by atoms with Crippen LogP contribution in [-0.4, -0.2) is 4.98 Å². The molecule has 0 aliphatic rings. The number of pyridine rings is 1. The van der Waals surface area contributed by atoms with E-state index in [1.54, 1.807) is 0 Å². The van der Waals surface area contributed by atoms with Gasteiger partial charge in [0.15, 0.2) is 0 Å². The Hall–Kier alpha value is -2.07. The van der Waals surface area contributed by atoms with Crippen LogP contribution in [0.5, 0.6) is 5.75 Å². The Kier molecular flexibility index (Phi) is 3.56. The molecule has 0 bridgehead atoms. The first kappa shape index (κ1) is 12.9. The molecule has 0 spiro atoms. The molecule has 4 heteroatoms. The summed E-state index contributed by atoms with van der Waals surface area (Å²) in [5, 5.41) is 0.907. The van der Waals surface area contributed by atoms with Crippen LogP contribution in [0.3, 0.4) is 0 Å². The summed E-state index contributed by atoms with van der Waals surface area (Å²) in [6.07, 6.45) is 0. The van der Waals surface area contributed by atoms with Crippen LogP contribution >= 0.6 is 15.9 Å². The fourth-order valence-electron chi connectivity index (χ4n) is 2.03. The van der Waals surface area contributed by atoms with Crippen LogP contribution in [0.25, 0.3) is 10.9 Å². The van der Waals surface area contributed by atoms with Gasteiger partial charge in [-0.05, 0) is 29.8 Å². The predicted molar refractivity (Wildman–Crippen MR) is 83.0 cm³/mol. The van der Waals surface area contributed by atoms with E-state index in [4.69, 9.17) is 4.74 Å². The molecule has 0 radical (unpaired) electrons. The van der Waals surface area contributed by atoms with E-state index in [-0.39, 0.29) is 5.56 Å². The van der Waals surface area contributed by atoms with Crippen molar-refractivity contribution in [3.8, 4) is 5.75 Å². The molecule has 20 heavy (non-hydrogen) atoms. The maximum Gasteiger partial charge on any atom is 0.252 e. The number of hydrogen-bond donors (Lipinski definition) is 1. The van der Waals surface area contributed by atoms with Crippen LogP contribution in [0.2, 0.25) is 0 Å². The largest absolute Gasteiger partial charge is 0.488 e. The lowest BCUT2D eigenvalue weighted by molar-refractivity contribution is 0.309. The fraction of sp³-hybridized carbons (Fsp3) is 0.0625. The third-order valence-electron chi connectivity index (χ3n) is 3.02. The van der Waals surface area contributed by atoms with E-state index in [1.165, 1.54) is 6.07 Å². The number of fused-ring (bicyclic) bond motifs is 1. The highest BCUT2D eigenvalue weighted by Crippen LogP contribution is 2.22. The number of rotatable bonds is 3. The van der Waals surface area contributed by atoms with Gasteiger partial charge in [0.05, 0.1) is 5.52 Å². The molecule has 1 heterocycles. The third-order valence-corrected chi connectivity index (χ3v) is 3.55. The van der Waals surface area contributed by atoms with Crippen molar-refractivity contribution in [3.63, 3.8) is 0 Å². The normalized spacial score (nSPS) is 10.7. The summed E-state index contributed by atoms with van der Waals surface area (Å²) < 4.78 is 6.82. The molecule has 0 aliphatic heterocycles. The first-order valence-corrected chi connectivity index (χ1v) is 7.01. The van der Waals surface area contributed by atoms with Crippen molar-refractivity contribution in [1.82, 2.24) is 4.98 Å². The number of nitrogens with one attached hydrogen (secondary N) is 1. The molecule has 0 fully saturated rings. The van der Waals surface area contributed by atoms with Gasteiger partial charge in [0.2, 0.25) is 0 Å². The van der Waals surface area contributed by atoms with Gasteiger partial charge in [-0.15, -0.1) is 0 Å². The molecule has 0 aliphatic carbocycles. The van der Waals surface area contributed by atoms with Crippen molar-refractivity contribution in [2.24, 2.45) is 0 Å². The second-order valence-electron chi connectivity index (χ2n) is 4.46. The SMILES string of the molecule is O=c1cc(OCc2ccc(Br)cc2)c2ccccc2[nH]1. The third kappa shape index (κ3) is 2.75. The number of halogens is 1. The Morgan fingerprint density at radius 2 is 1.80 bits per heavy atom. The zero-order chi connectivity index (χ0) is 13.9.